The Balaban J connectivity index is 0.00000163. The van der Waals surface area contributed by atoms with Crippen molar-refractivity contribution in [3.8, 4) is 0 Å². The molecule has 0 amide bonds. The Morgan fingerprint density at radius 2 is 1.73 bits per heavy atom. The molecule has 0 radical (unpaired) electrons. The van der Waals surface area contributed by atoms with Crippen LogP contribution in [0.2, 0.25) is 0 Å². The third-order valence-electron chi connectivity index (χ3n) is 4.28. The highest BCUT2D eigenvalue weighted by Gasteiger charge is 2.31. The van der Waals surface area contributed by atoms with Crippen molar-refractivity contribution >= 4 is 23.5 Å². The van der Waals surface area contributed by atoms with Crippen molar-refractivity contribution in [2.45, 2.75) is 31.9 Å². The van der Waals surface area contributed by atoms with Gasteiger partial charge in [-0.15, -0.1) is 0 Å². The molecule has 1 aliphatic heterocycles. The lowest BCUT2D eigenvalue weighted by Crippen LogP contribution is -2.46. The van der Waals surface area contributed by atoms with Crippen molar-refractivity contribution in [3.63, 3.8) is 0 Å². The third-order valence-corrected chi connectivity index (χ3v) is 4.28. The average Bonchev–Trinajstić information content (AvgIpc) is 2.63. The topological polar surface area (TPSA) is 64.0 Å². The number of alkyl halides is 3. The molecule has 0 saturated carbocycles. The van der Waals surface area contributed by atoms with E-state index < -0.39 is 17.7 Å². The molecule has 0 aromatic heterocycles. The first-order valence-electron chi connectivity index (χ1n) is 8.39. The first-order valence-corrected chi connectivity index (χ1v) is 8.73. The highest BCUT2D eigenvalue weighted by molar-refractivity contribution is 6.04. The molecule has 2 rings (SSSR count). The zero-order valence-electron chi connectivity index (χ0n) is 14.4. The number of carboxylic acids is 1. The number of rotatable bonds is 7. The quantitative estimate of drug-likeness (QED) is 0.689. The van der Waals surface area contributed by atoms with Crippen molar-refractivity contribution in [1.29, 1.82) is 0 Å². The van der Waals surface area contributed by atoms with Crippen molar-refractivity contribution in [3.05, 3.63) is 29.8 Å². The molecule has 0 aliphatic carbocycles. The summed E-state index contributed by atoms with van der Waals surface area (Å²) < 4.78 is 44.8. The van der Waals surface area contributed by atoms with E-state index in [2.05, 4.69) is 16.8 Å². The van der Waals surface area contributed by atoms with Crippen molar-refractivity contribution in [2.24, 2.45) is 0 Å². The van der Waals surface area contributed by atoms with Crippen LogP contribution < -0.4 is 4.90 Å². The van der Waals surface area contributed by atoms with Gasteiger partial charge in [0.05, 0.1) is 17.4 Å². The molecule has 1 fully saturated rings. The minimum absolute atomic E-state index is 0.212. The largest absolute Gasteiger partial charge is 0.481 e. The highest BCUT2D eigenvalue weighted by Crippen LogP contribution is 2.31. The number of anilines is 1. The second-order valence-corrected chi connectivity index (χ2v) is 6.08. The summed E-state index contributed by atoms with van der Waals surface area (Å²) >= 11 is 3.64. The van der Waals surface area contributed by atoms with E-state index in [-0.39, 0.29) is 6.42 Å². The Hall–Kier alpha value is -1.51. The third kappa shape index (κ3) is 7.80. The van der Waals surface area contributed by atoms with Gasteiger partial charge in [-0.1, -0.05) is 12.5 Å². The lowest BCUT2D eigenvalue weighted by Gasteiger charge is -2.36. The average molecular weight is 397 g/mol. The van der Waals surface area contributed by atoms with Gasteiger partial charge in [0.25, 0.3) is 0 Å². The van der Waals surface area contributed by atoms with Gasteiger partial charge in [-0.05, 0) is 37.6 Å². The molecule has 2 N–H and O–H groups in total. The van der Waals surface area contributed by atoms with Crippen molar-refractivity contribution in [1.82, 2.24) is 4.90 Å². The molecule has 148 valence electrons. The van der Waals surface area contributed by atoms with Crippen molar-refractivity contribution < 1.29 is 27.7 Å². The van der Waals surface area contributed by atoms with Crippen molar-refractivity contribution in [2.75, 3.05) is 37.6 Å². The molecule has 0 atom stereocenters. The Morgan fingerprint density at radius 3 is 2.31 bits per heavy atom. The van der Waals surface area contributed by atoms with E-state index in [1.54, 1.807) is 6.07 Å². The van der Waals surface area contributed by atoms with E-state index >= 15 is 0 Å². The van der Waals surface area contributed by atoms with E-state index in [4.69, 9.17) is 9.77 Å². The normalized spacial score (nSPS) is 15.3. The second-order valence-electron chi connectivity index (χ2n) is 6.08. The van der Waals surface area contributed by atoms with Gasteiger partial charge in [-0.2, -0.15) is 13.2 Å². The second kappa shape index (κ2) is 11.3. The van der Waals surface area contributed by atoms with Gasteiger partial charge in [0.1, 0.15) is 0 Å². The van der Waals surface area contributed by atoms with E-state index in [1.807, 2.05) is 4.90 Å². The minimum Gasteiger partial charge on any atom is -0.481 e. The van der Waals surface area contributed by atoms with Gasteiger partial charge >= 0.3 is 12.1 Å². The summed E-state index contributed by atoms with van der Waals surface area (Å²) in [5.74, 6) is -0.760. The number of unbranched alkanes of at least 4 members (excludes halogenated alkanes) is 2. The molecule has 0 bridgehead atoms. The Labute approximate surface area is 156 Å². The number of aliphatic carboxylic acids is 1. The monoisotopic (exact) mass is 396 g/mol. The number of piperazine rings is 1. The standard InChI is InChI=1S/C17H23F3N2O2.ClHO/c18-17(19,20)14-5-4-6-15(13-14)22-11-9-21(10-12-22)8-3-1-2-7-16(23)24;1-2/h4-6,13H,1-3,7-12H2,(H,23,24);2H. The zero-order chi connectivity index (χ0) is 19.6. The molecule has 1 aromatic carbocycles. The van der Waals surface area contributed by atoms with E-state index in [1.165, 1.54) is 12.1 Å². The van der Waals surface area contributed by atoms with Gasteiger partial charge in [0, 0.05) is 38.3 Å². The highest BCUT2D eigenvalue weighted by atomic mass is 35.5. The van der Waals surface area contributed by atoms with Crippen LogP contribution in [0.5, 0.6) is 0 Å². The number of benzene rings is 1. The molecule has 1 aromatic rings. The van der Waals surface area contributed by atoms with E-state index in [0.29, 0.717) is 25.2 Å². The summed E-state index contributed by atoms with van der Waals surface area (Å²) in [4.78, 5) is 14.7. The molecule has 9 heteroatoms. The molecule has 26 heavy (non-hydrogen) atoms. The number of halogens is 4. The molecule has 1 saturated heterocycles. The number of carbonyl (C=O) groups is 1. The molecule has 1 aliphatic rings. The van der Waals surface area contributed by atoms with E-state index in [9.17, 15) is 18.0 Å². The maximum absolute atomic E-state index is 12.8. The summed E-state index contributed by atoms with van der Waals surface area (Å²) in [6.07, 6.45) is -1.56. The summed E-state index contributed by atoms with van der Waals surface area (Å²) in [5, 5.41) is 8.58. The van der Waals surface area contributed by atoms with Crippen LogP contribution in [0.25, 0.3) is 0 Å². The summed E-state index contributed by atoms with van der Waals surface area (Å²) in [6.45, 7) is 3.95. The molecule has 1 heterocycles. The van der Waals surface area contributed by atoms with Gasteiger partial charge in [0.15, 0.2) is 0 Å². The maximum atomic E-state index is 12.8. The number of hydrogen-bond donors (Lipinski definition) is 2. The lowest BCUT2D eigenvalue weighted by atomic mass is 10.1. The Kier molecular flexibility index (Phi) is 9.75. The molecule has 0 unspecified atom stereocenters. The summed E-state index contributed by atoms with van der Waals surface area (Å²) in [6, 6.07) is 5.47. The van der Waals surface area contributed by atoms with Crippen LogP contribution in [-0.2, 0) is 11.0 Å². The van der Waals surface area contributed by atoms with Gasteiger partial charge < -0.3 is 10.0 Å². The fraction of sp³-hybridized carbons (Fsp3) is 0.588. The molecular weight excluding hydrogens is 373 g/mol. The Bertz CT molecular complexity index is 550. The number of nitrogens with zero attached hydrogens (tertiary/aromatic N) is 2. The predicted octanol–water partition coefficient (Wildman–Crippen LogP) is 3.60. The van der Waals surface area contributed by atoms with Crippen LogP contribution in [0.15, 0.2) is 24.3 Å². The summed E-state index contributed by atoms with van der Waals surface area (Å²) in [5.41, 5.74) is 0.00629. The fourth-order valence-electron chi connectivity index (χ4n) is 2.90. The summed E-state index contributed by atoms with van der Waals surface area (Å²) in [7, 11) is 0. The van der Waals surface area contributed by atoms with E-state index in [0.717, 1.165) is 38.5 Å². The number of hydrogen-bond acceptors (Lipinski definition) is 4. The first kappa shape index (κ1) is 22.5. The molecule has 0 spiro atoms. The smallest absolute Gasteiger partial charge is 0.416 e. The lowest BCUT2D eigenvalue weighted by molar-refractivity contribution is -0.138. The molecule has 5 nitrogen and oxygen atoms in total. The predicted molar refractivity (Wildman–Crippen MR) is 94.3 cm³/mol. The molecular formula is C17H24ClF3N2O3. The SMILES string of the molecule is O=C(O)CCCCCN1CCN(c2cccc(C(F)(F)F)c2)CC1.OCl. The van der Waals surface area contributed by atoms with Gasteiger partial charge in [0.2, 0.25) is 0 Å². The zero-order valence-corrected chi connectivity index (χ0v) is 15.1. The minimum atomic E-state index is -4.31. The Morgan fingerprint density at radius 1 is 1.08 bits per heavy atom. The van der Waals surface area contributed by atoms with Crippen LogP contribution in [0.1, 0.15) is 31.2 Å². The van der Waals surface area contributed by atoms with Crippen LogP contribution in [0.3, 0.4) is 0 Å². The first-order chi connectivity index (χ1) is 12.4. The van der Waals surface area contributed by atoms with Crippen LogP contribution in [0.4, 0.5) is 18.9 Å². The van der Waals surface area contributed by atoms with Crippen LogP contribution >= 0.6 is 11.9 Å². The fourth-order valence-corrected chi connectivity index (χ4v) is 2.90. The van der Waals surface area contributed by atoms with Crippen LogP contribution in [-0.4, -0.2) is 53.4 Å². The van der Waals surface area contributed by atoms with Gasteiger partial charge in [-0.25, -0.2) is 0 Å². The van der Waals surface area contributed by atoms with Crippen LogP contribution in [0, 0.1) is 0 Å². The maximum Gasteiger partial charge on any atom is 0.416 e. The van der Waals surface area contributed by atoms with Gasteiger partial charge in [-0.3, -0.25) is 14.4 Å². The number of carboxylic acid groups (broad SMARTS) is 1.